The van der Waals surface area contributed by atoms with Crippen LogP contribution in [0.5, 0.6) is 23.0 Å². The highest BCUT2D eigenvalue weighted by molar-refractivity contribution is 5.55. The van der Waals surface area contributed by atoms with Crippen LogP contribution in [0.2, 0.25) is 0 Å². The standard InChI is InChI=1S/C30H25NO4/c31-11-10-18-12-25-16-23-8-2-6-21(28(23)33)14-19-4-1-5-20(27(19)32)15-22-7-3-9-24(29(22)34)17-26(13-18)30(25)35/h1-9,12-13,32-35H,10,14-17H2. The van der Waals surface area contributed by atoms with Gasteiger partial charge in [-0.25, -0.2) is 0 Å². The fourth-order valence-corrected chi connectivity index (χ4v) is 4.91. The Balaban J connectivity index is 1.73. The lowest BCUT2D eigenvalue weighted by Gasteiger charge is -2.17. The minimum absolute atomic E-state index is 0.0938. The maximum Gasteiger partial charge on any atom is 0.122 e. The van der Waals surface area contributed by atoms with Gasteiger partial charge in [0.25, 0.3) is 0 Å². The van der Waals surface area contributed by atoms with Gasteiger partial charge in [-0.15, -0.1) is 0 Å². The molecule has 1 aliphatic carbocycles. The van der Waals surface area contributed by atoms with Crippen molar-refractivity contribution in [2.24, 2.45) is 0 Å². The molecule has 0 fully saturated rings. The molecule has 35 heavy (non-hydrogen) atoms. The van der Waals surface area contributed by atoms with Gasteiger partial charge in [-0.2, -0.15) is 5.26 Å². The summed E-state index contributed by atoms with van der Waals surface area (Å²) in [5, 5.41) is 53.6. The normalized spacial score (nSPS) is 12.7. The number of phenols is 4. The number of rotatable bonds is 1. The summed E-state index contributed by atoms with van der Waals surface area (Å²) in [7, 11) is 0. The van der Waals surface area contributed by atoms with Crippen LogP contribution in [0.4, 0.5) is 0 Å². The zero-order valence-corrected chi connectivity index (χ0v) is 19.1. The zero-order chi connectivity index (χ0) is 24.5. The number of nitrogens with zero attached hydrogens (tertiary/aromatic N) is 1. The van der Waals surface area contributed by atoms with Crippen molar-refractivity contribution in [2.75, 3.05) is 0 Å². The van der Waals surface area contributed by atoms with Crippen LogP contribution >= 0.6 is 0 Å². The van der Waals surface area contributed by atoms with E-state index in [9.17, 15) is 25.7 Å². The minimum atomic E-state index is 0.0938. The van der Waals surface area contributed by atoms with E-state index < -0.39 is 0 Å². The highest BCUT2D eigenvalue weighted by Gasteiger charge is 2.19. The molecule has 0 spiro atoms. The SMILES string of the molecule is N#CCc1cc2c(O)c(c1)Cc1cccc(c1O)Cc1cccc(c1O)Cc1cccc(c1O)C2. The molecule has 0 aromatic heterocycles. The van der Waals surface area contributed by atoms with Gasteiger partial charge in [-0.3, -0.25) is 0 Å². The van der Waals surface area contributed by atoms with Crippen molar-refractivity contribution >= 4 is 0 Å². The first-order chi connectivity index (χ1) is 16.9. The maximum atomic E-state index is 11.2. The quantitative estimate of drug-likeness (QED) is 0.272. The van der Waals surface area contributed by atoms with Gasteiger partial charge in [0.15, 0.2) is 0 Å². The van der Waals surface area contributed by atoms with Crippen LogP contribution in [0.3, 0.4) is 0 Å². The minimum Gasteiger partial charge on any atom is -0.507 e. The van der Waals surface area contributed by atoms with Crippen LogP contribution in [0.15, 0.2) is 66.7 Å². The number of phenolic OH excluding ortho intramolecular Hbond substituents is 4. The highest BCUT2D eigenvalue weighted by atomic mass is 16.3. The van der Waals surface area contributed by atoms with E-state index in [-0.39, 0.29) is 42.3 Å². The van der Waals surface area contributed by atoms with Crippen LogP contribution in [0, 0.1) is 11.3 Å². The molecular weight excluding hydrogens is 438 g/mol. The molecule has 174 valence electrons. The van der Waals surface area contributed by atoms with Crippen molar-refractivity contribution in [3.63, 3.8) is 0 Å². The Morgan fingerprint density at radius 3 is 1.11 bits per heavy atom. The first-order valence-electron chi connectivity index (χ1n) is 11.5. The van der Waals surface area contributed by atoms with E-state index >= 15 is 0 Å². The van der Waals surface area contributed by atoms with E-state index in [1.165, 1.54) is 0 Å². The van der Waals surface area contributed by atoms with Crippen molar-refractivity contribution in [1.82, 2.24) is 0 Å². The molecule has 4 aromatic carbocycles. The fourth-order valence-electron chi connectivity index (χ4n) is 4.91. The molecule has 1 aliphatic rings. The second-order valence-corrected chi connectivity index (χ2v) is 9.08. The molecule has 4 N–H and O–H groups in total. The molecule has 5 nitrogen and oxygen atoms in total. The average Bonchev–Trinajstić information content (AvgIpc) is 2.84. The number of nitriles is 1. The summed E-state index contributed by atoms with van der Waals surface area (Å²) < 4.78 is 0. The first-order valence-corrected chi connectivity index (χ1v) is 11.5. The van der Waals surface area contributed by atoms with Crippen molar-refractivity contribution in [2.45, 2.75) is 32.1 Å². The van der Waals surface area contributed by atoms with E-state index in [1.807, 2.05) is 54.6 Å². The third-order valence-electron chi connectivity index (χ3n) is 6.74. The van der Waals surface area contributed by atoms with Crippen molar-refractivity contribution < 1.29 is 20.4 Å². The van der Waals surface area contributed by atoms with Gasteiger partial charge in [-0.05, 0) is 50.1 Å². The van der Waals surface area contributed by atoms with E-state index in [0.717, 1.165) is 5.56 Å². The lowest BCUT2D eigenvalue weighted by Crippen LogP contribution is -2.01. The van der Waals surface area contributed by atoms with E-state index in [1.54, 1.807) is 12.1 Å². The number of hydrogen-bond donors (Lipinski definition) is 4. The molecule has 0 radical (unpaired) electrons. The number of hydrogen-bond acceptors (Lipinski definition) is 5. The Hall–Kier alpha value is -4.43. The molecule has 5 heteroatoms. The fraction of sp³-hybridized carbons (Fsp3) is 0.167. The van der Waals surface area contributed by atoms with Crippen molar-refractivity contribution in [3.8, 4) is 29.1 Å². The van der Waals surface area contributed by atoms with E-state index in [4.69, 9.17) is 0 Å². The summed E-state index contributed by atoms with van der Waals surface area (Å²) in [4.78, 5) is 0. The molecule has 5 rings (SSSR count). The van der Waals surface area contributed by atoms with Crippen molar-refractivity contribution in [1.29, 1.82) is 5.26 Å². The Morgan fingerprint density at radius 2 is 0.800 bits per heavy atom. The molecule has 0 heterocycles. The van der Waals surface area contributed by atoms with Crippen LogP contribution in [0.1, 0.15) is 50.1 Å². The van der Waals surface area contributed by atoms with Crippen LogP contribution in [-0.4, -0.2) is 20.4 Å². The highest BCUT2D eigenvalue weighted by Crippen LogP contribution is 2.37. The Kier molecular flexibility index (Phi) is 5.80. The zero-order valence-electron chi connectivity index (χ0n) is 19.1. The Bertz CT molecular complexity index is 1390. The molecule has 0 saturated heterocycles. The molecule has 0 saturated carbocycles. The summed E-state index contributed by atoms with van der Waals surface area (Å²) in [6.07, 6.45) is 1.39. The summed E-state index contributed by atoms with van der Waals surface area (Å²) in [6.45, 7) is 0. The lowest BCUT2D eigenvalue weighted by molar-refractivity contribution is 0.450. The van der Waals surface area contributed by atoms with Crippen LogP contribution in [-0.2, 0) is 32.1 Å². The first kappa shape index (κ1) is 22.4. The summed E-state index contributed by atoms with van der Waals surface area (Å²) in [5.74, 6) is 0.493. The monoisotopic (exact) mass is 463 g/mol. The largest absolute Gasteiger partial charge is 0.507 e. The Morgan fingerprint density at radius 1 is 0.514 bits per heavy atom. The molecule has 8 bridgehead atoms. The molecule has 4 aromatic rings. The van der Waals surface area contributed by atoms with Gasteiger partial charge in [0, 0.05) is 25.7 Å². The topological polar surface area (TPSA) is 105 Å². The third kappa shape index (κ3) is 4.27. The number of para-hydroxylation sites is 3. The van der Waals surface area contributed by atoms with Crippen LogP contribution < -0.4 is 0 Å². The molecular formula is C30H25NO4. The summed E-state index contributed by atoms with van der Waals surface area (Å²) in [5.41, 5.74) is 5.95. The number of fused-ring (bicyclic) bond motifs is 8. The average molecular weight is 464 g/mol. The van der Waals surface area contributed by atoms with Gasteiger partial charge in [0.2, 0.25) is 0 Å². The van der Waals surface area contributed by atoms with Gasteiger partial charge in [-0.1, -0.05) is 66.7 Å². The number of aromatic hydroxyl groups is 4. The van der Waals surface area contributed by atoms with Crippen LogP contribution in [0.25, 0.3) is 0 Å². The smallest absolute Gasteiger partial charge is 0.122 e. The van der Waals surface area contributed by atoms with Gasteiger partial charge in [0.05, 0.1) is 12.5 Å². The molecule has 0 unspecified atom stereocenters. The molecule has 0 amide bonds. The third-order valence-corrected chi connectivity index (χ3v) is 6.74. The summed E-state index contributed by atoms with van der Waals surface area (Å²) >= 11 is 0. The second-order valence-electron chi connectivity index (χ2n) is 9.08. The maximum absolute atomic E-state index is 11.2. The van der Waals surface area contributed by atoms with Gasteiger partial charge < -0.3 is 20.4 Å². The molecule has 0 atom stereocenters. The van der Waals surface area contributed by atoms with Gasteiger partial charge in [0.1, 0.15) is 23.0 Å². The number of benzene rings is 4. The van der Waals surface area contributed by atoms with E-state index in [0.29, 0.717) is 57.3 Å². The van der Waals surface area contributed by atoms with E-state index in [2.05, 4.69) is 6.07 Å². The molecule has 0 aliphatic heterocycles. The predicted octanol–water partition coefficient (Wildman–Crippen LogP) is 5.25. The van der Waals surface area contributed by atoms with Crippen molar-refractivity contribution in [3.05, 3.63) is 117 Å². The van der Waals surface area contributed by atoms with Gasteiger partial charge >= 0.3 is 0 Å². The second kappa shape index (κ2) is 9.08. The Labute approximate surface area is 203 Å². The predicted molar refractivity (Wildman–Crippen MR) is 133 cm³/mol. The lowest BCUT2D eigenvalue weighted by atomic mass is 9.90. The summed E-state index contributed by atoms with van der Waals surface area (Å²) in [6, 6.07) is 22.2.